The number of hydrogen-bond donors (Lipinski definition) is 1. The molecule has 0 aromatic carbocycles. The lowest BCUT2D eigenvalue weighted by Gasteiger charge is -2.09. The van der Waals surface area contributed by atoms with Crippen molar-refractivity contribution >= 4 is 11.6 Å². The van der Waals surface area contributed by atoms with Gasteiger partial charge >= 0.3 is 0 Å². The zero-order chi connectivity index (χ0) is 8.27. The Morgan fingerprint density at radius 2 is 2.55 bits per heavy atom. The number of nitrogens with one attached hydrogen (secondary N) is 1. The normalized spacial score (nSPS) is 23.1. The molecule has 0 aliphatic carbocycles. The van der Waals surface area contributed by atoms with Crippen LogP contribution in [0.15, 0.2) is 4.99 Å². The summed E-state index contributed by atoms with van der Waals surface area (Å²) in [5.74, 6) is 0.531. The van der Waals surface area contributed by atoms with Crippen LogP contribution in [0.3, 0.4) is 0 Å². The van der Waals surface area contributed by atoms with Crippen molar-refractivity contribution < 1.29 is 4.79 Å². The van der Waals surface area contributed by atoms with Crippen LogP contribution in [0.2, 0.25) is 0 Å². The molecule has 0 spiro atoms. The zero-order valence-corrected chi connectivity index (χ0v) is 7.05. The van der Waals surface area contributed by atoms with E-state index in [1.165, 1.54) is 5.71 Å². The van der Waals surface area contributed by atoms with Crippen LogP contribution < -0.4 is 5.32 Å². The van der Waals surface area contributed by atoms with E-state index in [4.69, 9.17) is 0 Å². The maximum atomic E-state index is 10.6. The van der Waals surface area contributed by atoms with Gasteiger partial charge in [0.1, 0.15) is 0 Å². The van der Waals surface area contributed by atoms with Gasteiger partial charge in [-0.1, -0.05) is 0 Å². The fraction of sp³-hybridized carbons (Fsp3) is 0.750. The molecule has 62 valence electrons. The highest BCUT2D eigenvalue weighted by atomic mass is 16.1. The van der Waals surface area contributed by atoms with E-state index >= 15 is 0 Å². The highest BCUT2D eigenvalue weighted by Gasteiger charge is 2.16. The molecule has 0 radical (unpaired) electrons. The molecular weight excluding hydrogens is 140 g/mol. The Labute approximate surface area is 66.9 Å². The molecule has 1 aliphatic heterocycles. The lowest BCUT2D eigenvalue weighted by atomic mass is 10.0. The third-order valence-electron chi connectivity index (χ3n) is 2.03. The summed E-state index contributed by atoms with van der Waals surface area (Å²) in [6.45, 7) is 5.25. The average Bonchev–Trinajstić information content (AvgIpc) is 2.31. The van der Waals surface area contributed by atoms with Gasteiger partial charge in [0.15, 0.2) is 0 Å². The van der Waals surface area contributed by atoms with Gasteiger partial charge in [0, 0.05) is 31.6 Å². The number of carbonyl (C=O) groups excluding carboxylic acids is 1. The van der Waals surface area contributed by atoms with Crippen molar-refractivity contribution in [3.8, 4) is 0 Å². The molecular formula is C8H14N2O. The zero-order valence-electron chi connectivity index (χ0n) is 7.05. The third-order valence-corrected chi connectivity index (χ3v) is 2.03. The van der Waals surface area contributed by atoms with Gasteiger partial charge in [-0.3, -0.25) is 9.79 Å². The minimum absolute atomic E-state index is 0.0460. The Morgan fingerprint density at radius 1 is 1.82 bits per heavy atom. The van der Waals surface area contributed by atoms with E-state index in [0.717, 1.165) is 19.5 Å². The predicted octanol–water partition coefficient (Wildman–Crippen LogP) is 0.603. The molecule has 1 atom stereocenters. The van der Waals surface area contributed by atoms with Gasteiger partial charge in [-0.15, -0.1) is 0 Å². The third kappa shape index (κ3) is 2.33. The number of nitrogens with zero attached hydrogens (tertiary/aromatic N) is 1. The fourth-order valence-corrected chi connectivity index (χ4v) is 1.25. The molecule has 0 saturated carbocycles. The SMILES string of the molecule is CC(=O)NCC1CCN=C1C. The predicted molar refractivity (Wildman–Crippen MR) is 44.8 cm³/mol. The molecule has 0 aromatic rings. The quantitative estimate of drug-likeness (QED) is 0.622. The summed E-state index contributed by atoms with van der Waals surface area (Å²) in [4.78, 5) is 14.8. The molecule has 1 N–H and O–H groups in total. The molecule has 1 amide bonds. The first-order valence-corrected chi connectivity index (χ1v) is 3.95. The van der Waals surface area contributed by atoms with Crippen molar-refractivity contribution in [2.45, 2.75) is 20.3 Å². The summed E-state index contributed by atoms with van der Waals surface area (Å²) in [6.07, 6.45) is 1.09. The Balaban J connectivity index is 2.27. The summed E-state index contributed by atoms with van der Waals surface area (Å²) >= 11 is 0. The van der Waals surface area contributed by atoms with Gasteiger partial charge in [-0.05, 0) is 13.3 Å². The first-order chi connectivity index (χ1) is 5.20. The van der Waals surface area contributed by atoms with E-state index in [2.05, 4.69) is 10.3 Å². The second-order valence-electron chi connectivity index (χ2n) is 2.95. The lowest BCUT2D eigenvalue weighted by molar-refractivity contribution is -0.119. The molecule has 1 rings (SSSR count). The molecule has 11 heavy (non-hydrogen) atoms. The van der Waals surface area contributed by atoms with Crippen molar-refractivity contribution in [2.24, 2.45) is 10.9 Å². The standard InChI is InChI=1S/C8H14N2O/c1-6-8(3-4-9-6)5-10-7(2)11/h8H,3-5H2,1-2H3,(H,10,11). The summed E-state index contributed by atoms with van der Waals surface area (Å²) in [5.41, 5.74) is 1.18. The maximum absolute atomic E-state index is 10.6. The highest BCUT2D eigenvalue weighted by molar-refractivity contribution is 5.86. The number of rotatable bonds is 2. The molecule has 3 nitrogen and oxygen atoms in total. The second kappa shape index (κ2) is 3.51. The monoisotopic (exact) mass is 154 g/mol. The van der Waals surface area contributed by atoms with Crippen molar-refractivity contribution in [1.29, 1.82) is 0 Å². The van der Waals surface area contributed by atoms with Gasteiger partial charge in [-0.25, -0.2) is 0 Å². The first-order valence-electron chi connectivity index (χ1n) is 3.95. The molecule has 0 aromatic heterocycles. The Kier molecular flexibility index (Phi) is 2.63. The van der Waals surface area contributed by atoms with E-state index in [9.17, 15) is 4.79 Å². The van der Waals surface area contributed by atoms with E-state index in [0.29, 0.717) is 5.92 Å². The number of hydrogen-bond acceptors (Lipinski definition) is 2. The minimum Gasteiger partial charge on any atom is -0.356 e. The summed E-state index contributed by atoms with van der Waals surface area (Å²) in [5, 5.41) is 2.80. The van der Waals surface area contributed by atoms with Crippen LogP contribution in [0.5, 0.6) is 0 Å². The van der Waals surface area contributed by atoms with Crippen molar-refractivity contribution in [3.05, 3.63) is 0 Å². The minimum atomic E-state index is 0.0460. The van der Waals surface area contributed by atoms with Crippen LogP contribution in [-0.4, -0.2) is 24.7 Å². The molecule has 0 saturated heterocycles. The van der Waals surface area contributed by atoms with E-state index in [1.54, 1.807) is 6.92 Å². The van der Waals surface area contributed by atoms with Crippen LogP contribution in [-0.2, 0) is 4.79 Å². The van der Waals surface area contributed by atoms with Gasteiger partial charge < -0.3 is 5.32 Å². The summed E-state index contributed by atoms with van der Waals surface area (Å²) in [7, 11) is 0. The molecule has 3 heteroatoms. The second-order valence-corrected chi connectivity index (χ2v) is 2.95. The topological polar surface area (TPSA) is 41.5 Å². The lowest BCUT2D eigenvalue weighted by Crippen LogP contribution is -2.28. The Hall–Kier alpha value is -0.860. The van der Waals surface area contributed by atoms with Crippen LogP contribution in [0, 0.1) is 5.92 Å². The smallest absolute Gasteiger partial charge is 0.216 e. The number of amides is 1. The van der Waals surface area contributed by atoms with Crippen molar-refractivity contribution in [1.82, 2.24) is 5.32 Å². The molecule has 0 fully saturated rings. The molecule has 1 aliphatic rings. The Bertz CT molecular complexity index is 187. The van der Waals surface area contributed by atoms with E-state index in [1.807, 2.05) is 6.92 Å². The van der Waals surface area contributed by atoms with Gasteiger partial charge in [0.2, 0.25) is 5.91 Å². The van der Waals surface area contributed by atoms with Crippen LogP contribution in [0.1, 0.15) is 20.3 Å². The summed E-state index contributed by atoms with van der Waals surface area (Å²) in [6, 6.07) is 0. The fourth-order valence-electron chi connectivity index (χ4n) is 1.25. The van der Waals surface area contributed by atoms with Crippen LogP contribution in [0.25, 0.3) is 0 Å². The van der Waals surface area contributed by atoms with Gasteiger partial charge in [-0.2, -0.15) is 0 Å². The highest BCUT2D eigenvalue weighted by Crippen LogP contribution is 2.12. The Morgan fingerprint density at radius 3 is 3.00 bits per heavy atom. The van der Waals surface area contributed by atoms with Crippen molar-refractivity contribution in [3.63, 3.8) is 0 Å². The number of aliphatic imine (C=N–C) groups is 1. The maximum Gasteiger partial charge on any atom is 0.216 e. The van der Waals surface area contributed by atoms with E-state index < -0.39 is 0 Å². The first kappa shape index (κ1) is 8.24. The molecule has 1 heterocycles. The summed E-state index contributed by atoms with van der Waals surface area (Å²) < 4.78 is 0. The number of carbonyl (C=O) groups is 1. The van der Waals surface area contributed by atoms with Crippen LogP contribution >= 0.6 is 0 Å². The largest absolute Gasteiger partial charge is 0.356 e. The van der Waals surface area contributed by atoms with E-state index in [-0.39, 0.29) is 5.91 Å². The molecule has 1 unspecified atom stereocenters. The average molecular weight is 154 g/mol. The van der Waals surface area contributed by atoms with Gasteiger partial charge in [0.25, 0.3) is 0 Å². The van der Waals surface area contributed by atoms with Gasteiger partial charge in [0.05, 0.1) is 0 Å². The molecule has 0 bridgehead atoms. The van der Waals surface area contributed by atoms with Crippen LogP contribution in [0.4, 0.5) is 0 Å². The van der Waals surface area contributed by atoms with Crippen molar-refractivity contribution in [2.75, 3.05) is 13.1 Å².